The van der Waals surface area contributed by atoms with E-state index in [0.717, 1.165) is 20.8 Å². The molecule has 176 valence electrons. The van der Waals surface area contributed by atoms with Gasteiger partial charge < -0.3 is 19.7 Å². The van der Waals surface area contributed by atoms with Crippen molar-refractivity contribution in [2.75, 3.05) is 18.5 Å². The Hall–Kier alpha value is -3.04. The van der Waals surface area contributed by atoms with Crippen LogP contribution in [0, 0.1) is 6.92 Å². The second-order valence-corrected chi connectivity index (χ2v) is 9.50. The number of amides is 1. The first-order valence-corrected chi connectivity index (χ1v) is 12.4. The zero-order chi connectivity index (χ0) is 24.2. The molecule has 0 bridgehead atoms. The fourth-order valence-corrected chi connectivity index (χ4v) is 4.89. The summed E-state index contributed by atoms with van der Waals surface area (Å²) < 4.78 is 12.1. The molecule has 0 saturated heterocycles. The maximum atomic E-state index is 12.9. The second kappa shape index (κ2) is 10.5. The lowest BCUT2D eigenvalue weighted by Gasteiger charge is -2.34. The monoisotopic (exact) mass is 541 g/mol. The van der Waals surface area contributed by atoms with Crippen molar-refractivity contribution >= 4 is 50.4 Å². The Morgan fingerprint density at radius 3 is 2.68 bits per heavy atom. The van der Waals surface area contributed by atoms with Crippen molar-refractivity contribution in [3.05, 3.63) is 80.9 Å². The molecule has 0 fully saturated rings. The first-order valence-electron chi connectivity index (χ1n) is 10.7. The number of aryl methyl sites for hydroxylation is 1. The highest BCUT2D eigenvalue weighted by Gasteiger charge is 2.39. The first-order chi connectivity index (χ1) is 16.4. The van der Waals surface area contributed by atoms with E-state index in [-0.39, 0.29) is 19.1 Å². The number of allylic oxidation sites excluding steroid dienone is 1. The van der Waals surface area contributed by atoms with Crippen molar-refractivity contribution in [1.82, 2.24) is 4.90 Å². The number of anilines is 1. The zero-order valence-corrected chi connectivity index (χ0v) is 21.4. The number of esters is 1. The molecular formula is C25H24BrN3O4S. The SMILES string of the molecule is CCOC(=O)C1=C(C)N=C2SC=CN2[C@H]1c1cc(Br)ccc1OCC(=O)Nc1ccc(C)cc1. The van der Waals surface area contributed by atoms with Crippen molar-refractivity contribution in [1.29, 1.82) is 0 Å². The molecule has 1 N–H and O–H groups in total. The van der Waals surface area contributed by atoms with Crippen LogP contribution in [0.25, 0.3) is 0 Å². The van der Waals surface area contributed by atoms with Crippen LogP contribution in [0.4, 0.5) is 5.69 Å². The first kappa shape index (κ1) is 24.1. The molecule has 2 aromatic rings. The van der Waals surface area contributed by atoms with E-state index >= 15 is 0 Å². The summed E-state index contributed by atoms with van der Waals surface area (Å²) in [5, 5.41) is 5.52. The minimum atomic E-state index is -0.509. The second-order valence-electron chi connectivity index (χ2n) is 7.71. The van der Waals surface area contributed by atoms with Gasteiger partial charge in [-0.05, 0) is 56.5 Å². The van der Waals surface area contributed by atoms with Gasteiger partial charge in [-0.1, -0.05) is 45.4 Å². The topological polar surface area (TPSA) is 80.2 Å². The third kappa shape index (κ3) is 5.20. The van der Waals surface area contributed by atoms with Crippen LogP contribution in [0.15, 0.2) is 74.8 Å². The predicted octanol–water partition coefficient (Wildman–Crippen LogP) is 5.54. The molecule has 2 aliphatic heterocycles. The average molecular weight is 542 g/mol. The number of carbonyl (C=O) groups is 2. The molecule has 1 atom stereocenters. The molecule has 0 radical (unpaired) electrons. The maximum absolute atomic E-state index is 12.9. The highest BCUT2D eigenvalue weighted by molar-refractivity contribution is 9.10. The van der Waals surface area contributed by atoms with Crippen molar-refractivity contribution < 1.29 is 19.1 Å². The fourth-order valence-electron chi connectivity index (χ4n) is 3.72. The van der Waals surface area contributed by atoms with E-state index < -0.39 is 12.0 Å². The number of thioether (sulfide) groups is 1. The Bertz CT molecular complexity index is 1210. The van der Waals surface area contributed by atoms with Gasteiger partial charge in [-0.25, -0.2) is 9.79 Å². The van der Waals surface area contributed by atoms with Crippen molar-refractivity contribution in [3.63, 3.8) is 0 Å². The number of benzene rings is 2. The van der Waals surface area contributed by atoms with E-state index in [9.17, 15) is 9.59 Å². The summed E-state index contributed by atoms with van der Waals surface area (Å²) >= 11 is 5.01. The molecule has 0 aromatic heterocycles. The van der Waals surface area contributed by atoms with Gasteiger partial charge in [-0.15, -0.1) is 0 Å². The Kier molecular flexibility index (Phi) is 7.43. The number of amidine groups is 1. The van der Waals surface area contributed by atoms with Gasteiger partial charge in [-0.2, -0.15) is 0 Å². The molecule has 0 saturated carbocycles. The van der Waals surface area contributed by atoms with Gasteiger partial charge in [0.25, 0.3) is 5.91 Å². The molecule has 7 nitrogen and oxygen atoms in total. The highest BCUT2D eigenvalue weighted by Crippen LogP contribution is 2.44. The van der Waals surface area contributed by atoms with Gasteiger partial charge in [0.15, 0.2) is 11.8 Å². The summed E-state index contributed by atoms with van der Waals surface area (Å²) in [7, 11) is 0. The van der Waals surface area contributed by atoms with Crippen molar-refractivity contribution in [2.24, 2.45) is 4.99 Å². The highest BCUT2D eigenvalue weighted by atomic mass is 79.9. The molecule has 9 heteroatoms. The molecule has 0 unspecified atom stereocenters. The van der Waals surface area contributed by atoms with Crippen LogP contribution in [0.2, 0.25) is 0 Å². The molecule has 4 rings (SSSR count). The molecule has 34 heavy (non-hydrogen) atoms. The van der Waals surface area contributed by atoms with Crippen LogP contribution in [-0.4, -0.2) is 35.2 Å². The minimum Gasteiger partial charge on any atom is -0.483 e. The molecule has 2 heterocycles. The van der Waals surface area contributed by atoms with Gasteiger partial charge in [0, 0.05) is 21.9 Å². The van der Waals surface area contributed by atoms with Crippen LogP contribution >= 0.6 is 27.7 Å². The fraction of sp³-hybridized carbons (Fsp3) is 0.240. The summed E-state index contributed by atoms with van der Waals surface area (Å²) in [5.74, 6) is -0.216. The Morgan fingerprint density at radius 1 is 1.18 bits per heavy atom. The number of halogens is 1. The van der Waals surface area contributed by atoms with E-state index in [1.807, 2.05) is 59.8 Å². The molecule has 0 spiro atoms. The van der Waals surface area contributed by atoms with E-state index in [2.05, 4.69) is 26.2 Å². The number of ether oxygens (including phenoxy) is 2. The lowest BCUT2D eigenvalue weighted by Crippen LogP contribution is -2.34. The van der Waals surface area contributed by atoms with Crippen molar-refractivity contribution in [2.45, 2.75) is 26.8 Å². The van der Waals surface area contributed by atoms with Gasteiger partial charge in [-0.3, -0.25) is 4.79 Å². The number of rotatable bonds is 7. The smallest absolute Gasteiger partial charge is 0.338 e. The third-order valence-electron chi connectivity index (χ3n) is 5.28. The number of carbonyl (C=O) groups excluding carboxylic acids is 2. The predicted molar refractivity (Wildman–Crippen MR) is 138 cm³/mol. The van der Waals surface area contributed by atoms with Crippen molar-refractivity contribution in [3.8, 4) is 5.75 Å². The standard InChI is InChI=1S/C25H24BrN3O4S/c1-4-32-24(31)22-16(3)27-25-29(11-12-34-25)23(22)19-13-17(26)7-10-20(19)33-14-21(30)28-18-8-5-15(2)6-9-18/h5-13,23H,4,14H2,1-3H3,(H,28,30)/t23-/m0/s1. The van der Waals surface area contributed by atoms with Gasteiger partial charge >= 0.3 is 5.97 Å². The molecule has 2 aromatic carbocycles. The zero-order valence-electron chi connectivity index (χ0n) is 19.0. The van der Waals surface area contributed by atoms with E-state index in [1.54, 1.807) is 19.9 Å². The molecule has 2 aliphatic rings. The molecule has 0 aliphatic carbocycles. The summed E-state index contributed by atoms with van der Waals surface area (Å²) in [6, 6.07) is 12.6. The van der Waals surface area contributed by atoms with E-state index in [0.29, 0.717) is 22.7 Å². The summed E-state index contributed by atoms with van der Waals surface area (Å²) in [4.78, 5) is 32.0. The Labute approximate surface area is 211 Å². The summed E-state index contributed by atoms with van der Waals surface area (Å²) in [6.07, 6.45) is 1.88. The summed E-state index contributed by atoms with van der Waals surface area (Å²) in [5.41, 5.74) is 3.56. The average Bonchev–Trinajstić information content (AvgIpc) is 3.27. The van der Waals surface area contributed by atoms with Gasteiger partial charge in [0.05, 0.1) is 23.9 Å². The lowest BCUT2D eigenvalue weighted by atomic mass is 9.94. The van der Waals surface area contributed by atoms with Crippen LogP contribution in [0.5, 0.6) is 5.75 Å². The Balaban J connectivity index is 1.63. The third-order valence-corrected chi connectivity index (χ3v) is 6.54. The van der Waals surface area contributed by atoms with Crippen LogP contribution in [0.3, 0.4) is 0 Å². The lowest BCUT2D eigenvalue weighted by molar-refractivity contribution is -0.139. The largest absolute Gasteiger partial charge is 0.483 e. The van der Waals surface area contributed by atoms with Crippen LogP contribution in [0.1, 0.15) is 31.0 Å². The Morgan fingerprint density at radius 2 is 1.94 bits per heavy atom. The quantitative estimate of drug-likeness (QED) is 0.463. The maximum Gasteiger partial charge on any atom is 0.338 e. The number of hydrogen-bond acceptors (Lipinski definition) is 7. The number of fused-ring (bicyclic) bond motifs is 1. The number of nitrogens with zero attached hydrogens (tertiary/aromatic N) is 2. The molecule has 1 amide bonds. The molecular weight excluding hydrogens is 518 g/mol. The van der Waals surface area contributed by atoms with Gasteiger partial charge in [0.2, 0.25) is 0 Å². The normalized spacial score (nSPS) is 16.8. The van der Waals surface area contributed by atoms with E-state index in [1.165, 1.54) is 11.8 Å². The van der Waals surface area contributed by atoms with Gasteiger partial charge in [0.1, 0.15) is 5.75 Å². The van der Waals surface area contributed by atoms with Crippen LogP contribution in [-0.2, 0) is 14.3 Å². The number of aliphatic imine (C=N–C) groups is 1. The minimum absolute atomic E-state index is 0.182. The number of nitrogens with one attached hydrogen (secondary N) is 1. The van der Waals surface area contributed by atoms with Crippen LogP contribution < -0.4 is 10.1 Å². The summed E-state index contributed by atoms with van der Waals surface area (Å²) in [6.45, 7) is 5.63. The number of hydrogen-bond donors (Lipinski definition) is 1. The van der Waals surface area contributed by atoms with E-state index in [4.69, 9.17) is 9.47 Å².